The number of carboxylic acids is 1. The van der Waals surface area contributed by atoms with E-state index >= 15 is 0 Å². The van der Waals surface area contributed by atoms with Crippen LogP contribution in [0.5, 0.6) is 17.4 Å². The van der Waals surface area contributed by atoms with E-state index in [0.717, 1.165) is 16.7 Å². The summed E-state index contributed by atoms with van der Waals surface area (Å²) in [4.78, 5) is 15.2. The topological polar surface area (TPSA) is 77.9 Å². The normalized spacial score (nSPS) is 14.4. The second kappa shape index (κ2) is 9.59. The van der Waals surface area contributed by atoms with Crippen LogP contribution < -0.4 is 14.2 Å². The number of benzene rings is 1. The number of pyridine rings is 1. The first-order chi connectivity index (χ1) is 14.1. The molecule has 0 radical (unpaired) electrons. The summed E-state index contributed by atoms with van der Waals surface area (Å²) in [5.41, 5.74) is 3.45. The number of nitrogens with zero attached hydrogens (tertiary/aromatic N) is 1. The van der Waals surface area contributed by atoms with Crippen molar-refractivity contribution in [2.24, 2.45) is 0 Å². The molecule has 0 bridgehead atoms. The van der Waals surface area contributed by atoms with Crippen LogP contribution in [0.25, 0.3) is 11.3 Å². The van der Waals surface area contributed by atoms with Crippen molar-refractivity contribution in [2.45, 2.75) is 19.3 Å². The van der Waals surface area contributed by atoms with E-state index in [-0.39, 0.29) is 6.42 Å². The van der Waals surface area contributed by atoms with Crippen LogP contribution in [0.1, 0.15) is 19.3 Å². The number of carboxylic acid groups (broad SMARTS) is 1. The van der Waals surface area contributed by atoms with Gasteiger partial charge in [0.15, 0.2) is 0 Å². The minimum atomic E-state index is -0.790. The van der Waals surface area contributed by atoms with E-state index in [0.29, 0.717) is 35.9 Å². The first-order valence-electron chi connectivity index (χ1n) is 9.23. The fourth-order valence-corrected chi connectivity index (χ4v) is 2.98. The number of carbonyl (C=O) groups is 1. The zero-order valence-corrected chi connectivity index (χ0v) is 16.4. The molecule has 0 spiro atoms. The Balaban J connectivity index is 1.73. The Morgan fingerprint density at radius 2 is 1.83 bits per heavy atom. The van der Waals surface area contributed by atoms with Gasteiger partial charge in [-0.1, -0.05) is 35.9 Å². The number of aliphatic carboxylic acids is 1. The van der Waals surface area contributed by atoms with Gasteiger partial charge in [-0.2, -0.15) is 0 Å². The molecule has 6 heteroatoms. The number of methoxy groups -OCH3 is 2. The van der Waals surface area contributed by atoms with E-state index < -0.39 is 5.97 Å². The Morgan fingerprint density at radius 1 is 1.10 bits per heavy atom. The molecular weight excluding hydrogens is 370 g/mol. The van der Waals surface area contributed by atoms with Crippen LogP contribution in [0.4, 0.5) is 0 Å². The minimum Gasteiger partial charge on any atom is -0.496 e. The van der Waals surface area contributed by atoms with Gasteiger partial charge >= 0.3 is 5.97 Å². The van der Waals surface area contributed by atoms with Gasteiger partial charge in [-0.3, -0.25) is 4.79 Å². The minimum absolute atomic E-state index is 0.134. The Morgan fingerprint density at radius 3 is 2.45 bits per heavy atom. The molecular formula is C23H23NO5. The number of rotatable bonds is 8. The van der Waals surface area contributed by atoms with Crippen LogP contribution in [0, 0.1) is 0 Å². The largest absolute Gasteiger partial charge is 0.496 e. The molecule has 1 aromatic carbocycles. The molecule has 29 heavy (non-hydrogen) atoms. The summed E-state index contributed by atoms with van der Waals surface area (Å²) in [6, 6.07) is 11.1. The number of aromatic nitrogens is 1. The maximum atomic E-state index is 10.7. The molecule has 0 fully saturated rings. The van der Waals surface area contributed by atoms with Crippen LogP contribution >= 0.6 is 0 Å². The van der Waals surface area contributed by atoms with Crippen LogP contribution in [0.15, 0.2) is 72.0 Å². The maximum Gasteiger partial charge on any atom is 0.303 e. The highest BCUT2D eigenvalue weighted by Crippen LogP contribution is 2.37. The van der Waals surface area contributed by atoms with Crippen molar-refractivity contribution < 1.29 is 24.1 Å². The molecule has 1 heterocycles. The van der Waals surface area contributed by atoms with Crippen molar-refractivity contribution in [1.82, 2.24) is 4.98 Å². The predicted molar refractivity (Wildman–Crippen MR) is 110 cm³/mol. The highest BCUT2D eigenvalue weighted by Gasteiger charge is 2.14. The molecule has 1 aliphatic rings. The third-order valence-corrected chi connectivity index (χ3v) is 4.48. The van der Waals surface area contributed by atoms with Gasteiger partial charge in [-0.15, -0.1) is 0 Å². The lowest BCUT2D eigenvalue weighted by Gasteiger charge is -2.13. The van der Waals surface area contributed by atoms with Crippen molar-refractivity contribution in [3.8, 4) is 28.6 Å². The summed E-state index contributed by atoms with van der Waals surface area (Å²) in [7, 11) is 3.22. The summed E-state index contributed by atoms with van der Waals surface area (Å²) < 4.78 is 16.7. The Hall–Kier alpha value is -3.54. The molecule has 2 aromatic rings. The van der Waals surface area contributed by atoms with E-state index in [1.165, 1.54) is 0 Å². The second-order valence-electron chi connectivity index (χ2n) is 6.42. The zero-order valence-electron chi connectivity index (χ0n) is 16.4. The van der Waals surface area contributed by atoms with Crippen molar-refractivity contribution in [1.29, 1.82) is 0 Å². The van der Waals surface area contributed by atoms with Crippen LogP contribution in [0.2, 0.25) is 0 Å². The van der Waals surface area contributed by atoms with Gasteiger partial charge in [0.25, 0.3) is 0 Å². The van der Waals surface area contributed by atoms with Crippen molar-refractivity contribution in [2.75, 3.05) is 14.2 Å². The summed E-state index contributed by atoms with van der Waals surface area (Å²) in [5.74, 6) is 1.00. The van der Waals surface area contributed by atoms with Crippen LogP contribution in [0.3, 0.4) is 0 Å². The number of hydrogen-bond acceptors (Lipinski definition) is 5. The Labute approximate surface area is 169 Å². The molecule has 0 unspecified atom stereocenters. The van der Waals surface area contributed by atoms with Gasteiger partial charge in [-0.25, -0.2) is 4.98 Å². The summed E-state index contributed by atoms with van der Waals surface area (Å²) in [6.45, 7) is 0. The van der Waals surface area contributed by atoms with E-state index in [4.69, 9.17) is 19.3 Å². The number of ether oxygens (including phenoxy) is 3. The van der Waals surface area contributed by atoms with Crippen LogP contribution in [-0.2, 0) is 4.79 Å². The lowest BCUT2D eigenvalue weighted by atomic mass is 10.00. The Kier molecular flexibility index (Phi) is 6.68. The SMILES string of the molecule is COc1cccc(OC)c1-c1cccc(OC=C2C=CC(CCC(=O)O)=CC2)n1. The van der Waals surface area contributed by atoms with Gasteiger partial charge in [0.05, 0.1) is 31.7 Å². The molecule has 0 saturated carbocycles. The van der Waals surface area contributed by atoms with Gasteiger partial charge in [0.1, 0.15) is 11.5 Å². The third-order valence-electron chi connectivity index (χ3n) is 4.48. The maximum absolute atomic E-state index is 10.7. The smallest absolute Gasteiger partial charge is 0.303 e. The van der Waals surface area contributed by atoms with Gasteiger partial charge in [0, 0.05) is 12.5 Å². The van der Waals surface area contributed by atoms with Crippen LogP contribution in [-0.4, -0.2) is 30.3 Å². The standard InChI is InChI=1S/C23H23NO5/c1-27-19-6-4-7-20(28-2)23(19)18-5-3-8-21(24-18)29-15-17-11-9-16(10-12-17)13-14-22(25)26/h3-11,15H,12-14H2,1-2H3,(H,25,26). The first-order valence-corrected chi connectivity index (χ1v) is 9.23. The second-order valence-corrected chi connectivity index (χ2v) is 6.42. The molecule has 0 aliphatic heterocycles. The van der Waals surface area contributed by atoms with Crippen molar-refractivity contribution in [3.63, 3.8) is 0 Å². The highest BCUT2D eigenvalue weighted by atomic mass is 16.5. The van der Waals surface area contributed by atoms with Crippen molar-refractivity contribution >= 4 is 5.97 Å². The molecule has 1 aliphatic carbocycles. The van der Waals surface area contributed by atoms with Crippen molar-refractivity contribution in [3.05, 3.63) is 72.0 Å². The summed E-state index contributed by atoms with van der Waals surface area (Å²) >= 11 is 0. The summed E-state index contributed by atoms with van der Waals surface area (Å²) in [5, 5.41) is 8.77. The molecule has 0 atom stereocenters. The fourth-order valence-electron chi connectivity index (χ4n) is 2.98. The van der Waals surface area contributed by atoms with Gasteiger partial charge < -0.3 is 19.3 Å². The number of hydrogen-bond donors (Lipinski definition) is 1. The lowest BCUT2D eigenvalue weighted by Crippen LogP contribution is -1.98. The average molecular weight is 393 g/mol. The Bertz CT molecular complexity index is 953. The molecule has 1 N–H and O–H groups in total. The fraction of sp³-hybridized carbons (Fsp3) is 0.217. The lowest BCUT2D eigenvalue weighted by molar-refractivity contribution is -0.136. The van der Waals surface area contributed by atoms with E-state index in [9.17, 15) is 4.79 Å². The zero-order chi connectivity index (χ0) is 20.6. The molecule has 3 rings (SSSR count). The quantitative estimate of drug-likeness (QED) is 0.651. The van der Waals surface area contributed by atoms with E-state index in [1.54, 1.807) is 26.5 Å². The molecule has 0 amide bonds. The number of allylic oxidation sites excluding steroid dienone is 5. The predicted octanol–water partition coefficient (Wildman–Crippen LogP) is 4.78. The molecule has 150 valence electrons. The first kappa shape index (κ1) is 20.2. The van der Waals surface area contributed by atoms with Gasteiger partial charge in [0.2, 0.25) is 5.88 Å². The molecule has 0 saturated heterocycles. The monoisotopic (exact) mass is 393 g/mol. The summed E-state index contributed by atoms with van der Waals surface area (Å²) in [6.07, 6.45) is 8.88. The average Bonchev–Trinajstić information content (AvgIpc) is 2.76. The highest BCUT2D eigenvalue weighted by molar-refractivity contribution is 5.74. The van der Waals surface area contributed by atoms with E-state index in [2.05, 4.69) is 4.98 Å². The van der Waals surface area contributed by atoms with Gasteiger partial charge in [-0.05, 0) is 36.6 Å². The molecule has 6 nitrogen and oxygen atoms in total. The third kappa shape index (κ3) is 5.25. The molecule has 1 aromatic heterocycles. The van der Waals surface area contributed by atoms with E-state index in [1.807, 2.05) is 48.6 Å².